The molecule has 0 spiro atoms. The van der Waals surface area contributed by atoms with Gasteiger partial charge < -0.3 is 24.8 Å². The third kappa shape index (κ3) is 6.84. The number of esters is 2. The summed E-state index contributed by atoms with van der Waals surface area (Å²) in [5.74, 6) is -1.68. The second kappa shape index (κ2) is 11.3. The molecule has 2 N–H and O–H groups in total. The first-order valence-electron chi connectivity index (χ1n) is 9.15. The average molecular weight is 394 g/mol. The van der Waals surface area contributed by atoms with Crippen molar-refractivity contribution in [3.63, 3.8) is 0 Å². The van der Waals surface area contributed by atoms with E-state index in [9.17, 15) is 19.5 Å². The number of carbonyl (C=O) groups excluding carboxylic acids is 2. The topological polar surface area (TPSA) is 105 Å². The second-order valence-electron chi connectivity index (χ2n) is 6.94. The van der Waals surface area contributed by atoms with Crippen LogP contribution in [0.1, 0.15) is 42.6 Å². The quantitative estimate of drug-likeness (QED) is 0.434. The number of nitrogens with zero attached hydrogens (tertiary/aromatic N) is 1. The Bertz CT molecular complexity index is 689. The summed E-state index contributed by atoms with van der Waals surface area (Å²) in [5, 5.41) is 12.7. The van der Waals surface area contributed by atoms with Crippen LogP contribution in [0.5, 0.6) is 0 Å². The average Bonchev–Trinajstić information content (AvgIpc) is 2.67. The predicted octanol–water partition coefficient (Wildman–Crippen LogP) is 2.06. The largest absolute Gasteiger partial charge is 0.478 e. The Hall–Kier alpha value is -2.61. The lowest BCUT2D eigenvalue weighted by atomic mass is 10.0. The van der Waals surface area contributed by atoms with Crippen molar-refractivity contribution >= 4 is 23.6 Å². The molecule has 0 fully saturated rings. The van der Waals surface area contributed by atoms with Crippen molar-refractivity contribution in [3.05, 3.63) is 29.3 Å². The van der Waals surface area contributed by atoms with E-state index in [0.717, 1.165) is 18.5 Å². The molecule has 28 heavy (non-hydrogen) atoms. The van der Waals surface area contributed by atoms with E-state index in [0.29, 0.717) is 18.2 Å². The number of hydrogen-bond acceptors (Lipinski definition) is 7. The third-order valence-electron chi connectivity index (χ3n) is 4.45. The fourth-order valence-corrected chi connectivity index (χ4v) is 2.71. The molecule has 0 aliphatic heterocycles. The molecule has 0 amide bonds. The van der Waals surface area contributed by atoms with E-state index >= 15 is 0 Å². The molecule has 0 aromatic heterocycles. The van der Waals surface area contributed by atoms with Gasteiger partial charge in [0.1, 0.15) is 6.04 Å². The van der Waals surface area contributed by atoms with Crippen molar-refractivity contribution in [1.29, 1.82) is 0 Å². The molecule has 156 valence electrons. The molecule has 0 aliphatic carbocycles. The van der Waals surface area contributed by atoms with Gasteiger partial charge in [0.05, 0.1) is 26.2 Å². The molecule has 1 unspecified atom stereocenters. The molecule has 0 saturated heterocycles. The summed E-state index contributed by atoms with van der Waals surface area (Å²) in [7, 11) is 4.11. The minimum atomic E-state index is -1.07. The Morgan fingerprint density at radius 2 is 1.86 bits per heavy atom. The van der Waals surface area contributed by atoms with Crippen molar-refractivity contribution in [1.82, 2.24) is 5.32 Å². The SMILES string of the molecule is COC(=O)CC(C(=O)OC)N(C)c1cc(C(=O)O)ccc1CNCCC(C)C. The summed E-state index contributed by atoms with van der Waals surface area (Å²) in [5.41, 5.74) is 1.45. The van der Waals surface area contributed by atoms with E-state index in [-0.39, 0.29) is 12.0 Å². The molecule has 0 bridgehead atoms. The Balaban J connectivity index is 3.18. The number of carboxylic acid groups (broad SMARTS) is 1. The van der Waals surface area contributed by atoms with E-state index in [4.69, 9.17) is 4.74 Å². The van der Waals surface area contributed by atoms with Crippen LogP contribution in [0, 0.1) is 5.92 Å². The highest BCUT2D eigenvalue weighted by molar-refractivity contribution is 5.90. The van der Waals surface area contributed by atoms with E-state index < -0.39 is 23.9 Å². The number of rotatable bonds is 11. The monoisotopic (exact) mass is 394 g/mol. The molecule has 0 aliphatic rings. The molecular weight excluding hydrogens is 364 g/mol. The Morgan fingerprint density at radius 3 is 2.39 bits per heavy atom. The fourth-order valence-electron chi connectivity index (χ4n) is 2.71. The van der Waals surface area contributed by atoms with E-state index in [2.05, 4.69) is 23.9 Å². The van der Waals surface area contributed by atoms with Crippen molar-refractivity contribution in [3.8, 4) is 0 Å². The first-order chi connectivity index (χ1) is 13.2. The number of anilines is 1. The Kier molecular flexibility index (Phi) is 9.44. The van der Waals surface area contributed by atoms with Gasteiger partial charge in [0.25, 0.3) is 0 Å². The van der Waals surface area contributed by atoms with E-state index in [1.807, 2.05) is 0 Å². The molecule has 0 radical (unpaired) electrons. The maximum absolute atomic E-state index is 12.2. The summed E-state index contributed by atoms with van der Waals surface area (Å²) in [4.78, 5) is 37.0. The zero-order chi connectivity index (χ0) is 21.3. The van der Waals surface area contributed by atoms with Crippen molar-refractivity contribution in [2.24, 2.45) is 5.92 Å². The zero-order valence-corrected chi connectivity index (χ0v) is 17.2. The van der Waals surface area contributed by atoms with Crippen LogP contribution in [0.3, 0.4) is 0 Å². The number of benzene rings is 1. The molecule has 8 heteroatoms. The second-order valence-corrected chi connectivity index (χ2v) is 6.94. The van der Waals surface area contributed by atoms with Gasteiger partial charge in [0.15, 0.2) is 0 Å². The van der Waals surface area contributed by atoms with Crippen LogP contribution in [-0.2, 0) is 25.6 Å². The summed E-state index contributed by atoms with van der Waals surface area (Å²) in [6, 6.07) is 3.79. The zero-order valence-electron chi connectivity index (χ0n) is 17.2. The number of aromatic carboxylic acids is 1. The number of carbonyl (C=O) groups is 3. The van der Waals surface area contributed by atoms with Crippen LogP contribution in [0.15, 0.2) is 18.2 Å². The molecule has 8 nitrogen and oxygen atoms in total. The van der Waals surface area contributed by atoms with Crippen molar-refractivity contribution < 1.29 is 29.0 Å². The van der Waals surface area contributed by atoms with Gasteiger partial charge in [-0.15, -0.1) is 0 Å². The normalized spacial score (nSPS) is 11.8. The summed E-state index contributed by atoms with van der Waals surface area (Å²) in [6.45, 7) is 5.58. The highest BCUT2D eigenvalue weighted by Crippen LogP contribution is 2.25. The highest BCUT2D eigenvalue weighted by atomic mass is 16.5. The molecular formula is C20H30N2O6. The third-order valence-corrected chi connectivity index (χ3v) is 4.45. The number of carboxylic acids is 1. The molecule has 1 rings (SSSR count). The van der Waals surface area contributed by atoms with Gasteiger partial charge in [-0.05, 0) is 36.6 Å². The summed E-state index contributed by atoms with van der Waals surface area (Å²) < 4.78 is 9.50. The highest BCUT2D eigenvalue weighted by Gasteiger charge is 2.29. The van der Waals surface area contributed by atoms with Crippen LogP contribution in [0.2, 0.25) is 0 Å². The van der Waals surface area contributed by atoms with E-state index in [1.165, 1.54) is 26.4 Å². The maximum Gasteiger partial charge on any atom is 0.335 e. The number of methoxy groups -OCH3 is 2. The van der Waals surface area contributed by atoms with Gasteiger partial charge in [0.2, 0.25) is 0 Å². The van der Waals surface area contributed by atoms with Gasteiger partial charge in [0, 0.05) is 19.3 Å². The first-order valence-corrected chi connectivity index (χ1v) is 9.15. The standard InChI is InChI=1S/C20H30N2O6/c1-13(2)8-9-21-12-15-7-6-14(19(24)25)10-16(15)22(3)17(20(26)28-5)11-18(23)27-4/h6-7,10,13,17,21H,8-9,11-12H2,1-5H3,(H,24,25). The van der Waals surface area contributed by atoms with Crippen LogP contribution in [0.4, 0.5) is 5.69 Å². The predicted molar refractivity (Wildman–Crippen MR) is 105 cm³/mol. The maximum atomic E-state index is 12.2. The van der Waals surface area contributed by atoms with Gasteiger partial charge in [-0.3, -0.25) is 4.79 Å². The lowest BCUT2D eigenvalue weighted by Crippen LogP contribution is -2.42. The molecule has 1 atom stereocenters. The van der Waals surface area contributed by atoms with Crippen LogP contribution in [-0.4, -0.2) is 56.9 Å². The number of ether oxygens (including phenoxy) is 2. The van der Waals surface area contributed by atoms with Gasteiger partial charge >= 0.3 is 17.9 Å². The minimum absolute atomic E-state index is 0.0921. The van der Waals surface area contributed by atoms with Gasteiger partial charge in [-0.25, -0.2) is 9.59 Å². The fraction of sp³-hybridized carbons (Fsp3) is 0.550. The number of likely N-dealkylation sites (N-methyl/N-ethyl adjacent to an activating group) is 1. The number of nitrogens with one attached hydrogen (secondary N) is 1. The van der Waals surface area contributed by atoms with Crippen LogP contribution in [0.25, 0.3) is 0 Å². The lowest BCUT2D eigenvalue weighted by Gasteiger charge is -2.29. The summed E-state index contributed by atoms with van der Waals surface area (Å²) in [6.07, 6.45) is 0.794. The Morgan fingerprint density at radius 1 is 1.18 bits per heavy atom. The van der Waals surface area contributed by atoms with E-state index in [1.54, 1.807) is 18.0 Å². The smallest absolute Gasteiger partial charge is 0.335 e. The van der Waals surface area contributed by atoms with Gasteiger partial charge in [-0.2, -0.15) is 0 Å². The first kappa shape index (κ1) is 23.4. The molecule has 1 aromatic carbocycles. The molecule has 0 saturated carbocycles. The minimum Gasteiger partial charge on any atom is -0.478 e. The van der Waals surface area contributed by atoms with Gasteiger partial charge in [-0.1, -0.05) is 19.9 Å². The van der Waals surface area contributed by atoms with Crippen LogP contribution < -0.4 is 10.2 Å². The van der Waals surface area contributed by atoms with Crippen LogP contribution >= 0.6 is 0 Å². The Labute approximate surface area is 165 Å². The summed E-state index contributed by atoms with van der Waals surface area (Å²) >= 11 is 0. The number of hydrogen-bond donors (Lipinski definition) is 2. The van der Waals surface area contributed by atoms with Crippen molar-refractivity contribution in [2.75, 3.05) is 32.7 Å². The lowest BCUT2D eigenvalue weighted by molar-refractivity contribution is -0.148. The molecule has 0 heterocycles. The van der Waals surface area contributed by atoms with Crippen molar-refractivity contribution in [2.45, 2.75) is 39.3 Å². The molecule has 1 aromatic rings.